The predicted octanol–water partition coefficient (Wildman–Crippen LogP) is 2.41. The maximum atomic E-state index is 12.1. The van der Waals surface area contributed by atoms with Gasteiger partial charge in [0, 0.05) is 0 Å². The fraction of sp³-hybridized carbons (Fsp3) is 0.182. The summed E-state index contributed by atoms with van der Waals surface area (Å²) in [7, 11) is 0. The topological polar surface area (TPSA) is 53.1 Å². The minimum atomic E-state index is -4.69. The molecule has 0 fully saturated rings. The van der Waals surface area contributed by atoms with Crippen molar-refractivity contribution in [3.05, 3.63) is 42.1 Å². The van der Waals surface area contributed by atoms with Crippen LogP contribution in [0.2, 0.25) is 0 Å². The molecule has 0 saturated heterocycles. The van der Waals surface area contributed by atoms with E-state index in [-0.39, 0.29) is 12.3 Å². The highest BCUT2D eigenvalue weighted by molar-refractivity contribution is 5.31. The third-order valence-corrected chi connectivity index (χ3v) is 2.21. The molecule has 2 rings (SSSR count). The molecule has 0 aliphatic carbocycles. The first kappa shape index (κ1) is 12.3. The lowest BCUT2D eigenvalue weighted by Crippen LogP contribution is -2.17. The van der Waals surface area contributed by atoms with Crippen LogP contribution >= 0.6 is 0 Å². The second-order valence-electron chi connectivity index (χ2n) is 3.61. The molecule has 0 bridgehead atoms. The van der Waals surface area contributed by atoms with E-state index in [1.54, 1.807) is 12.1 Å². The van der Waals surface area contributed by atoms with Gasteiger partial charge in [0.15, 0.2) is 0 Å². The zero-order chi connectivity index (χ0) is 13.2. The molecular weight excluding hydrogens is 247 g/mol. The van der Waals surface area contributed by atoms with Gasteiger partial charge in [-0.2, -0.15) is 5.10 Å². The number of aromatic nitrogens is 2. The third kappa shape index (κ3) is 3.16. The number of alkyl halides is 3. The molecule has 0 aliphatic heterocycles. The van der Waals surface area contributed by atoms with Crippen LogP contribution in [-0.2, 0) is 6.54 Å². The number of rotatable bonds is 3. The number of nitrogen functional groups attached to an aromatic ring is 1. The van der Waals surface area contributed by atoms with Gasteiger partial charge in [-0.1, -0.05) is 12.1 Å². The summed E-state index contributed by atoms with van der Waals surface area (Å²) in [4.78, 5) is 0. The van der Waals surface area contributed by atoms with Crippen molar-refractivity contribution in [2.24, 2.45) is 0 Å². The van der Waals surface area contributed by atoms with E-state index >= 15 is 0 Å². The van der Waals surface area contributed by atoms with Gasteiger partial charge >= 0.3 is 6.36 Å². The Morgan fingerprint density at radius 3 is 2.67 bits per heavy atom. The molecular formula is C11H10F3N3O. The first-order chi connectivity index (χ1) is 8.44. The molecule has 4 nitrogen and oxygen atoms in total. The first-order valence-corrected chi connectivity index (χ1v) is 5.06. The van der Waals surface area contributed by atoms with Crippen molar-refractivity contribution in [1.29, 1.82) is 0 Å². The second kappa shape index (κ2) is 4.59. The Morgan fingerprint density at radius 1 is 1.28 bits per heavy atom. The molecule has 0 atom stereocenters. The number of nitrogens with zero attached hydrogens (tertiary/aromatic N) is 2. The van der Waals surface area contributed by atoms with Gasteiger partial charge < -0.3 is 10.5 Å². The normalized spacial score (nSPS) is 11.5. The van der Waals surface area contributed by atoms with Crippen molar-refractivity contribution in [2.75, 3.05) is 5.73 Å². The molecule has 2 N–H and O–H groups in total. The van der Waals surface area contributed by atoms with Gasteiger partial charge in [-0.3, -0.25) is 0 Å². The van der Waals surface area contributed by atoms with Gasteiger partial charge in [0.25, 0.3) is 0 Å². The van der Waals surface area contributed by atoms with E-state index in [0.717, 1.165) is 0 Å². The van der Waals surface area contributed by atoms with Crippen LogP contribution in [0.25, 0.3) is 0 Å². The molecule has 1 aromatic carbocycles. The molecule has 1 aromatic heterocycles. The number of benzene rings is 1. The summed E-state index contributed by atoms with van der Waals surface area (Å²) < 4.78 is 41.5. The van der Waals surface area contributed by atoms with E-state index in [4.69, 9.17) is 5.73 Å². The van der Waals surface area contributed by atoms with Crippen molar-refractivity contribution in [3.8, 4) is 5.75 Å². The molecule has 0 aliphatic rings. The van der Waals surface area contributed by atoms with Crippen LogP contribution in [0.15, 0.2) is 36.5 Å². The largest absolute Gasteiger partial charge is 0.573 e. The Hall–Kier alpha value is -2.18. The maximum Gasteiger partial charge on any atom is 0.573 e. The van der Waals surface area contributed by atoms with Crippen LogP contribution in [0, 0.1) is 0 Å². The van der Waals surface area contributed by atoms with Gasteiger partial charge in [-0.05, 0) is 23.8 Å². The number of anilines is 1. The molecule has 1 heterocycles. The Labute approximate surface area is 101 Å². The average Bonchev–Trinajstić information content (AvgIpc) is 2.62. The lowest BCUT2D eigenvalue weighted by Gasteiger charge is -2.10. The number of halogens is 3. The van der Waals surface area contributed by atoms with Gasteiger partial charge in [0.2, 0.25) is 0 Å². The summed E-state index contributed by atoms with van der Waals surface area (Å²) >= 11 is 0. The molecule has 7 heteroatoms. The second-order valence-corrected chi connectivity index (χ2v) is 3.61. The standard InChI is InChI=1S/C11H10F3N3O/c12-11(13,14)18-9-3-1-2-8(6-9)7-17-10(15)4-5-16-17/h1-6H,7,15H2. The van der Waals surface area contributed by atoms with E-state index in [0.29, 0.717) is 11.4 Å². The van der Waals surface area contributed by atoms with Crippen molar-refractivity contribution < 1.29 is 17.9 Å². The van der Waals surface area contributed by atoms with E-state index in [2.05, 4.69) is 9.84 Å². The Bertz CT molecular complexity index is 536. The first-order valence-electron chi connectivity index (χ1n) is 5.06. The Balaban J connectivity index is 2.15. The third-order valence-electron chi connectivity index (χ3n) is 2.21. The molecule has 18 heavy (non-hydrogen) atoms. The SMILES string of the molecule is Nc1ccnn1Cc1cccc(OC(F)(F)F)c1. The van der Waals surface area contributed by atoms with Crippen molar-refractivity contribution in [2.45, 2.75) is 12.9 Å². The molecule has 0 saturated carbocycles. The predicted molar refractivity (Wildman–Crippen MR) is 58.9 cm³/mol. The Kier molecular flexibility index (Phi) is 3.14. The molecule has 0 amide bonds. The highest BCUT2D eigenvalue weighted by Crippen LogP contribution is 2.23. The van der Waals surface area contributed by atoms with Crippen LogP contribution in [-0.4, -0.2) is 16.1 Å². The number of ether oxygens (including phenoxy) is 1. The van der Waals surface area contributed by atoms with E-state index in [1.165, 1.54) is 29.1 Å². The Morgan fingerprint density at radius 2 is 2.06 bits per heavy atom. The highest BCUT2D eigenvalue weighted by atomic mass is 19.4. The fourth-order valence-electron chi connectivity index (χ4n) is 1.49. The zero-order valence-electron chi connectivity index (χ0n) is 9.19. The number of nitrogens with two attached hydrogens (primary N) is 1. The quantitative estimate of drug-likeness (QED) is 0.918. The van der Waals surface area contributed by atoms with E-state index < -0.39 is 6.36 Å². The minimum absolute atomic E-state index is 0.259. The van der Waals surface area contributed by atoms with E-state index in [1.807, 2.05) is 0 Å². The molecule has 96 valence electrons. The maximum absolute atomic E-state index is 12.1. The van der Waals surface area contributed by atoms with Crippen LogP contribution in [0.4, 0.5) is 19.0 Å². The van der Waals surface area contributed by atoms with Crippen molar-refractivity contribution >= 4 is 5.82 Å². The lowest BCUT2D eigenvalue weighted by molar-refractivity contribution is -0.274. The average molecular weight is 257 g/mol. The van der Waals surface area contributed by atoms with Crippen molar-refractivity contribution in [1.82, 2.24) is 9.78 Å². The van der Waals surface area contributed by atoms with Gasteiger partial charge in [-0.25, -0.2) is 4.68 Å². The summed E-state index contributed by atoms with van der Waals surface area (Å²) in [5, 5.41) is 3.94. The van der Waals surface area contributed by atoms with Crippen LogP contribution in [0.3, 0.4) is 0 Å². The van der Waals surface area contributed by atoms with Crippen molar-refractivity contribution in [3.63, 3.8) is 0 Å². The minimum Gasteiger partial charge on any atom is -0.406 e. The van der Waals surface area contributed by atoms with Gasteiger partial charge in [0.05, 0.1) is 12.7 Å². The summed E-state index contributed by atoms with van der Waals surface area (Å²) in [5.41, 5.74) is 6.24. The summed E-state index contributed by atoms with van der Waals surface area (Å²) in [6, 6.07) is 7.30. The van der Waals surface area contributed by atoms with Gasteiger partial charge in [0.1, 0.15) is 11.6 Å². The van der Waals surface area contributed by atoms with Crippen LogP contribution < -0.4 is 10.5 Å². The number of hydrogen-bond donors (Lipinski definition) is 1. The summed E-state index contributed by atoms with van der Waals surface area (Å²) in [5.74, 6) is 0.183. The van der Waals surface area contributed by atoms with Gasteiger partial charge in [-0.15, -0.1) is 13.2 Å². The highest BCUT2D eigenvalue weighted by Gasteiger charge is 2.31. The molecule has 2 aromatic rings. The molecule has 0 spiro atoms. The van der Waals surface area contributed by atoms with Crippen LogP contribution in [0.5, 0.6) is 5.75 Å². The summed E-state index contributed by atoms with van der Waals surface area (Å²) in [6.45, 7) is 0.286. The van der Waals surface area contributed by atoms with E-state index in [9.17, 15) is 13.2 Å². The monoisotopic (exact) mass is 257 g/mol. The fourth-order valence-corrected chi connectivity index (χ4v) is 1.49. The zero-order valence-corrected chi connectivity index (χ0v) is 9.19. The molecule has 0 radical (unpaired) electrons. The van der Waals surface area contributed by atoms with Crippen LogP contribution in [0.1, 0.15) is 5.56 Å². The smallest absolute Gasteiger partial charge is 0.406 e. The lowest BCUT2D eigenvalue weighted by atomic mass is 10.2. The molecule has 0 unspecified atom stereocenters. The number of hydrogen-bond acceptors (Lipinski definition) is 3. The summed E-state index contributed by atoms with van der Waals surface area (Å²) in [6.07, 6.45) is -3.17.